The van der Waals surface area contributed by atoms with Crippen molar-refractivity contribution in [2.75, 3.05) is 19.0 Å². The summed E-state index contributed by atoms with van der Waals surface area (Å²) in [6, 6.07) is 18.4. The molecule has 26 heavy (non-hydrogen) atoms. The zero-order valence-corrected chi connectivity index (χ0v) is 14.5. The number of methoxy groups -OCH3 is 1. The highest BCUT2D eigenvalue weighted by molar-refractivity contribution is 5.84. The van der Waals surface area contributed by atoms with Crippen molar-refractivity contribution in [3.8, 4) is 5.75 Å². The van der Waals surface area contributed by atoms with Crippen molar-refractivity contribution in [3.63, 3.8) is 0 Å². The Hall–Kier alpha value is -3.34. The number of aromatic nitrogens is 3. The topological polar surface area (TPSA) is 62.8 Å². The summed E-state index contributed by atoms with van der Waals surface area (Å²) < 4.78 is 5.30. The van der Waals surface area contributed by atoms with Crippen LogP contribution in [0.25, 0.3) is 10.9 Å². The van der Waals surface area contributed by atoms with E-state index in [1.165, 1.54) is 16.5 Å². The highest BCUT2D eigenvalue weighted by Gasteiger charge is 2.18. The van der Waals surface area contributed by atoms with Crippen LogP contribution in [-0.4, -0.2) is 28.6 Å². The normalized spacial score (nSPS) is 12.0. The van der Waals surface area contributed by atoms with Gasteiger partial charge >= 0.3 is 0 Å². The van der Waals surface area contributed by atoms with Gasteiger partial charge in [-0.05, 0) is 35.4 Å². The van der Waals surface area contributed by atoms with Crippen molar-refractivity contribution in [2.24, 2.45) is 0 Å². The van der Waals surface area contributed by atoms with Crippen LogP contribution in [0.1, 0.15) is 17.0 Å². The highest BCUT2D eigenvalue weighted by atomic mass is 16.5. The van der Waals surface area contributed by atoms with Gasteiger partial charge in [-0.15, -0.1) is 0 Å². The number of nitrogens with one attached hydrogen (secondary N) is 2. The van der Waals surface area contributed by atoms with Gasteiger partial charge in [0.2, 0.25) is 5.95 Å². The number of para-hydroxylation sites is 1. The number of fused-ring (bicyclic) bond motifs is 1. The average molecular weight is 344 g/mol. The number of H-pyrrole nitrogens is 1. The van der Waals surface area contributed by atoms with Gasteiger partial charge in [0.05, 0.1) is 7.11 Å². The van der Waals surface area contributed by atoms with E-state index in [1.807, 2.05) is 24.3 Å². The molecule has 1 atom stereocenters. The second-order valence-corrected chi connectivity index (χ2v) is 6.07. The molecule has 0 fully saturated rings. The molecular formula is C21H20N4O. The molecule has 2 heterocycles. The van der Waals surface area contributed by atoms with Crippen LogP contribution in [0.4, 0.5) is 5.95 Å². The van der Waals surface area contributed by atoms with Gasteiger partial charge in [-0.3, -0.25) is 0 Å². The van der Waals surface area contributed by atoms with Gasteiger partial charge in [0.15, 0.2) is 0 Å². The zero-order valence-electron chi connectivity index (χ0n) is 14.5. The summed E-state index contributed by atoms with van der Waals surface area (Å²) in [5.41, 5.74) is 3.59. The quantitative estimate of drug-likeness (QED) is 0.550. The second kappa shape index (κ2) is 7.27. The maximum absolute atomic E-state index is 5.30. The van der Waals surface area contributed by atoms with E-state index in [0.29, 0.717) is 12.5 Å². The fourth-order valence-electron chi connectivity index (χ4n) is 3.21. The lowest BCUT2D eigenvalue weighted by Gasteiger charge is -2.18. The van der Waals surface area contributed by atoms with Crippen LogP contribution in [0.3, 0.4) is 0 Å². The molecule has 5 heteroatoms. The molecule has 130 valence electrons. The Kier molecular flexibility index (Phi) is 4.51. The second-order valence-electron chi connectivity index (χ2n) is 6.07. The van der Waals surface area contributed by atoms with Crippen molar-refractivity contribution in [2.45, 2.75) is 5.92 Å². The summed E-state index contributed by atoms with van der Waals surface area (Å²) in [6.07, 6.45) is 5.57. The zero-order chi connectivity index (χ0) is 17.8. The molecular weight excluding hydrogens is 324 g/mol. The van der Waals surface area contributed by atoms with Crippen LogP contribution < -0.4 is 10.1 Å². The average Bonchev–Trinajstić information content (AvgIpc) is 3.13. The fraction of sp³-hybridized carbons (Fsp3) is 0.143. The van der Waals surface area contributed by atoms with Gasteiger partial charge in [-0.25, -0.2) is 9.97 Å². The molecule has 0 saturated carbocycles. The summed E-state index contributed by atoms with van der Waals surface area (Å²) >= 11 is 0. The summed E-state index contributed by atoms with van der Waals surface area (Å²) in [5.74, 6) is 1.64. The molecule has 0 bridgehead atoms. The van der Waals surface area contributed by atoms with Gasteiger partial charge in [-0.1, -0.05) is 30.3 Å². The predicted molar refractivity (Wildman–Crippen MR) is 104 cm³/mol. The largest absolute Gasteiger partial charge is 0.497 e. The molecule has 0 spiro atoms. The smallest absolute Gasteiger partial charge is 0.222 e. The van der Waals surface area contributed by atoms with Crippen molar-refractivity contribution >= 4 is 16.9 Å². The third-order valence-electron chi connectivity index (χ3n) is 4.54. The molecule has 4 aromatic rings. The molecule has 0 aliphatic heterocycles. The first-order chi connectivity index (χ1) is 12.8. The van der Waals surface area contributed by atoms with E-state index in [2.05, 4.69) is 56.8 Å². The molecule has 2 N–H and O–H groups in total. The molecule has 0 radical (unpaired) electrons. The van der Waals surface area contributed by atoms with Crippen molar-refractivity contribution < 1.29 is 4.74 Å². The van der Waals surface area contributed by atoms with E-state index in [0.717, 1.165) is 11.3 Å². The molecule has 2 aromatic carbocycles. The van der Waals surface area contributed by atoms with Gasteiger partial charge in [0.25, 0.3) is 0 Å². The molecule has 0 amide bonds. The Bertz CT molecular complexity index is 980. The number of ether oxygens (including phenoxy) is 1. The Labute approximate surface area is 152 Å². The molecule has 0 unspecified atom stereocenters. The van der Waals surface area contributed by atoms with Gasteiger partial charge in [0, 0.05) is 42.0 Å². The van der Waals surface area contributed by atoms with E-state index in [-0.39, 0.29) is 5.92 Å². The van der Waals surface area contributed by atoms with E-state index in [4.69, 9.17) is 4.74 Å². The molecule has 0 saturated heterocycles. The molecule has 0 aliphatic rings. The van der Waals surface area contributed by atoms with Crippen LogP contribution >= 0.6 is 0 Å². The summed E-state index contributed by atoms with van der Waals surface area (Å²) in [5, 5.41) is 4.58. The minimum Gasteiger partial charge on any atom is -0.497 e. The standard InChI is InChI=1S/C21H20N4O/c1-26-16-9-7-15(8-10-16)18(13-25-21-22-11-4-12-23-21)19-14-24-20-6-3-2-5-17(19)20/h2-12,14,18,24H,13H2,1H3,(H,22,23,25)/t18-/m0/s1. The fourth-order valence-corrected chi connectivity index (χ4v) is 3.21. The number of nitrogens with zero attached hydrogens (tertiary/aromatic N) is 2. The van der Waals surface area contributed by atoms with Crippen molar-refractivity contribution in [1.29, 1.82) is 0 Å². The maximum Gasteiger partial charge on any atom is 0.222 e. The van der Waals surface area contributed by atoms with Gasteiger partial charge < -0.3 is 15.0 Å². The van der Waals surface area contributed by atoms with Crippen LogP contribution in [-0.2, 0) is 0 Å². The first-order valence-corrected chi connectivity index (χ1v) is 8.56. The number of benzene rings is 2. The lowest BCUT2D eigenvalue weighted by atomic mass is 9.91. The van der Waals surface area contributed by atoms with Crippen molar-refractivity contribution in [1.82, 2.24) is 15.0 Å². The monoisotopic (exact) mass is 344 g/mol. The number of aromatic amines is 1. The van der Waals surface area contributed by atoms with Crippen LogP contribution in [0.5, 0.6) is 5.75 Å². The van der Waals surface area contributed by atoms with E-state index < -0.39 is 0 Å². The molecule has 4 rings (SSSR count). The Morgan fingerprint density at radius 2 is 1.77 bits per heavy atom. The number of rotatable bonds is 6. The maximum atomic E-state index is 5.30. The number of hydrogen-bond donors (Lipinski definition) is 2. The van der Waals surface area contributed by atoms with E-state index in [1.54, 1.807) is 19.5 Å². The van der Waals surface area contributed by atoms with Gasteiger partial charge in [-0.2, -0.15) is 0 Å². The SMILES string of the molecule is COc1ccc([C@H](CNc2ncccn2)c2c[nH]c3ccccc23)cc1. The first-order valence-electron chi connectivity index (χ1n) is 8.56. The minimum absolute atomic E-state index is 0.154. The molecule has 2 aromatic heterocycles. The van der Waals surface area contributed by atoms with Gasteiger partial charge in [0.1, 0.15) is 5.75 Å². The number of hydrogen-bond acceptors (Lipinski definition) is 4. The minimum atomic E-state index is 0.154. The first kappa shape index (κ1) is 16.1. The molecule has 5 nitrogen and oxygen atoms in total. The third-order valence-corrected chi connectivity index (χ3v) is 4.54. The highest BCUT2D eigenvalue weighted by Crippen LogP contribution is 2.31. The van der Waals surface area contributed by atoms with Crippen LogP contribution in [0.2, 0.25) is 0 Å². The summed E-state index contributed by atoms with van der Waals surface area (Å²) in [7, 11) is 1.68. The lowest BCUT2D eigenvalue weighted by molar-refractivity contribution is 0.414. The third kappa shape index (κ3) is 3.24. The lowest BCUT2D eigenvalue weighted by Crippen LogP contribution is -2.15. The molecule has 0 aliphatic carbocycles. The van der Waals surface area contributed by atoms with Crippen LogP contribution in [0, 0.1) is 0 Å². The van der Waals surface area contributed by atoms with Crippen LogP contribution in [0.15, 0.2) is 73.2 Å². The Morgan fingerprint density at radius 3 is 2.54 bits per heavy atom. The Balaban J connectivity index is 1.70. The van der Waals surface area contributed by atoms with Crippen molar-refractivity contribution in [3.05, 3.63) is 84.3 Å². The van der Waals surface area contributed by atoms with E-state index in [9.17, 15) is 0 Å². The van der Waals surface area contributed by atoms with E-state index >= 15 is 0 Å². The number of anilines is 1. The summed E-state index contributed by atoms with van der Waals surface area (Å²) in [6.45, 7) is 0.693. The summed E-state index contributed by atoms with van der Waals surface area (Å²) in [4.78, 5) is 11.9. The predicted octanol–water partition coefficient (Wildman–Crippen LogP) is 4.21. The Morgan fingerprint density at radius 1 is 1.00 bits per heavy atom.